The van der Waals surface area contributed by atoms with Crippen molar-refractivity contribution in [2.75, 3.05) is 0 Å². The maximum atomic E-state index is 12.0. The molecule has 3 heteroatoms. The third-order valence-electron chi connectivity index (χ3n) is 1.43. The van der Waals surface area contributed by atoms with Crippen molar-refractivity contribution in [1.82, 2.24) is 0 Å². The maximum absolute atomic E-state index is 12.0. The SMILES string of the molecule is FCc1ccccc1C(F)F. The van der Waals surface area contributed by atoms with Crippen LogP contribution in [0.3, 0.4) is 0 Å². The van der Waals surface area contributed by atoms with Crippen LogP contribution in [0.2, 0.25) is 0 Å². The molecule has 0 aliphatic heterocycles. The van der Waals surface area contributed by atoms with E-state index in [0.29, 0.717) is 0 Å². The summed E-state index contributed by atoms with van der Waals surface area (Å²) >= 11 is 0. The normalized spacial score (nSPS) is 10.5. The van der Waals surface area contributed by atoms with Gasteiger partial charge in [-0.15, -0.1) is 0 Å². The fourth-order valence-corrected chi connectivity index (χ4v) is 0.869. The molecule has 0 N–H and O–H groups in total. The van der Waals surface area contributed by atoms with E-state index in [1.165, 1.54) is 18.2 Å². The summed E-state index contributed by atoms with van der Waals surface area (Å²) in [6.07, 6.45) is -2.58. The molecule has 0 fully saturated rings. The standard InChI is InChI=1S/C8H7F3/c9-5-6-3-1-2-4-7(6)8(10)11/h1-4,8H,5H2. The van der Waals surface area contributed by atoms with Gasteiger partial charge in [-0.2, -0.15) is 0 Å². The molecule has 0 bridgehead atoms. The lowest BCUT2D eigenvalue weighted by Crippen LogP contribution is -1.90. The summed E-state index contributed by atoms with van der Waals surface area (Å²) in [7, 11) is 0. The van der Waals surface area contributed by atoms with Crippen LogP contribution in [0.4, 0.5) is 13.2 Å². The molecule has 0 aliphatic carbocycles. The Bertz CT molecular complexity index is 233. The summed E-state index contributed by atoms with van der Waals surface area (Å²) in [5, 5.41) is 0. The molecule has 0 saturated heterocycles. The lowest BCUT2D eigenvalue weighted by Gasteiger charge is -2.03. The Balaban J connectivity index is 3.02. The molecule has 0 heterocycles. The Labute approximate surface area is 62.7 Å². The van der Waals surface area contributed by atoms with E-state index in [1.807, 2.05) is 0 Å². The molecule has 0 aromatic heterocycles. The maximum Gasteiger partial charge on any atom is 0.264 e. The Morgan fingerprint density at radius 3 is 2.27 bits per heavy atom. The Morgan fingerprint density at radius 1 is 1.18 bits per heavy atom. The van der Waals surface area contributed by atoms with Crippen LogP contribution in [0.25, 0.3) is 0 Å². The quantitative estimate of drug-likeness (QED) is 0.623. The second-order valence-electron chi connectivity index (χ2n) is 2.13. The van der Waals surface area contributed by atoms with Crippen LogP contribution in [0, 0.1) is 0 Å². The van der Waals surface area contributed by atoms with Crippen LogP contribution in [0.5, 0.6) is 0 Å². The zero-order valence-corrected chi connectivity index (χ0v) is 5.73. The fourth-order valence-electron chi connectivity index (χ4n) is 0.869. The van der Waals surface area contributed by atoms with Gasteiger partial charge >= 0.3 is 0 Å². The molecule has 1 aromatic carbocycles. The highest BCUT2D eigenvalue weighted by atomic mass is 19.3. The second-order valence-corrected chi connectivity index (χ2v) is 2.13. The van der Waals surface area contributed by atoms with Gasteiger partial charge in [-0.3, -0.25) is 0 Å². The van der Waals surface area contributed by atoms with Crippen LogP contribution in [0.1, 0.15) is 17.6 Å². The molecular formula is C8H7F3. The molecular weight excluding hydrogens is 153 g/mol. The summed E-state index contributed by atoms with van der Waals surface area (Å²) in [5.41, 5.74) is -0.141. The predicted octanol–water partition coefficient (Wildman–Crippen LogP) is 3.09. The molecule has 1 aromatic rings. The van der Waals surface area contributed by atoms with E-state index in [4.69, 9.17) is 0 Å². The number of rotatable bonds is 2. The lowest BCUT2D eigenvalue weighted by atomic mass is 10.1. The molecule has 0 aliphatic rings. The molecule has 0 nitrogen and oxygen atoms in total. The van der Waals surface area contributed by atoms with Crippen molar-refractivity contribution in [2.45, 2.75) is 13.1 Å². The minimum absolute atomic E-state index is 0.0718. The van der Waals surface area contributed by atoms with Crippen molar-refractivity contribution in [3.05, 3.63) is 35.4 Å². The second kappa shape index (κ2) is 3.42. The molecule has 0 atom stereocenters. The number of hydrogen-bond acceptors (Lipinski definition) is 0. The first-order chi connectivity index (χ1) is 5.25. The average molecular weight is 160 g/mol. The highest BCUT2D eigenvalue weighted by Gasteiger charge is 2.10. The van der Waals surface area contributed by atoms with Gasteiger partial charge in [0.05, 0.1) is 0 Å². The van der Waals surface area contributed by atoms with Crippen molar-refractivity contribution >= 4 is 0 Å². The highest BCUT2D eigenvalue weighted by Crippen LogP contribution is 2.22. The lowest BCUT2D eigenvalue weighted by molar-refractivity contribution is 0.149. The topological polar surface area (TPSA) is 0 Å². The molecule has 0 spiro atoms. The number of benzene rings is 1. The van der Waals surface area contributed by atoms with Gasteiger partial charge in [0.1, 0.15) is 6.67 Å². The van der Waals surface area contributed by atoms with E-state index in [2.05, 4.69) is 0 Å². The van der Waals surface area contributed by atoms with Crippen LogP contribution in [-0.4, -0.2) is 0 Å². The van der Waals surface area contributed by atoms with Crippen molar-refractivity contribution in [3.63, 3.8) is 0 Å². The van der Waals surface area contributed by atoms with Gasteiger partial charge in [0.15, 0.2) is 0 Å². The first kappa shape index (κ1) is 8.11. The fraction of sp³-hybridized carbons (Fsp3) is 0.250. The summed E-state index contributed by atoms with van der Waals surface area (Å²) in [4.78, 5) is 0. The third-order valence-corrected chi connectivity index (χ3v) is 1.43. The predicted molar refractivity (Wildman–Crippen MR) is 36.2 cm³/mol. The average Bonchev–Trinajstić information content (AvgIpc) is 2.04. The van der Waals surface area contributed by atoms with Crippen molar-refractivity contribution in [1.29, 1.82) is 0 Å². The van der Waals surface area contributed by atoms with Crippen molar-refractivity contribution in [3.8, 4) is 0 Å². The third kappa shape index (κ3) is 1.73. The summed E-state index contributed by atoms with van der Waals surface area (Å²) in [6.45, 7) is -0.833. The smallest absolute Gasteiger partial charge is 0.246 e. The Morgan fingerprint density at radius 2 is 1.82 bits per heavy atom. The molecule has 0 radical (unpaired) electrons. The molecule has 60 valence electrons. The number of alkyl halides is 3. The summed E-state index contributed by atoms with van der Waals surface area (Å²) < 4.78 is 36.1. The molecule has 11 heavy (non-hydrogen) atoms. The monoisotopic (exact) mass is 160 g/mol. The van der Waals surface area contributed by atoms with Gasteiger partial charge in [-0.05, 0) is 5.56 Å². The highest BCUT2D eigenvalue weighted by molar-refractivity contribution is 5.27. The van der Waals surface area contributed by atoms with E-state index in [9.17, 15) is 13.2 Å². The van der Waals surface area contributed by atoms with E-state index in [0.717, 1.165) is 0 Å². The molecule has 0 unspecified atom stereocenters. The molecule has 0 saturated carbocycles. The number of hydrogen-bond donors (Lipinski definition) is 0. The van der Waals surface area contributed by atoms with Crippen molar-refractivity contribution < 1.29 is 13.2 Å². The Hall–Kier alpha value is -0.990. The molecule has 0 amide bonds. The largest absolute Gasteiger partial charge is 0.264 e. The van der Waals surface area contributed by atoms with E-state index < -0.39 is 13.1 Å². The zero-order chi connectivity index (χ0) is 8.27. The van der Waals surface area contributed by atoms with E-state index >= 15 is 0 Å². The zero-order valence-electron chi connectivity index (χ0n) is 5.73. The first-order valence-electron chi connectivity index (χ1n) is 3.17. The van der Waals surface area contributed by atoms with Gasteiger partial charge in [-0.1, -0.05) is 24.3 Å². The first-order valence-corrected chi connectivity index (χ1v) is 3.17. The number of halogens is 3. The van der Waals surface area contributed by atoms with Crippen LogP contribution < -0.4 is 0 Å². The molecule has 1 rings (SSSR count). The van der Waals surface area contributed by atoms with Gasteiger partial charge in [0.25, 0.3) is 6.43 Å². The van der Waals surface area contributed by atoms with Crippen molar-refractivity contribution in [2.24, 2.45) is 0 Å². The summed E-state index contributed by atoms with van der Waals surface area (Å²) in [6, 6.07) is 5.61. The van der Waals surface area contributed by atoms with E-state index in [1.54, 1.807) is 6.07 Å². The van der Waals surface area contributed by atoms with Crippen LogP contribution in [0.15, 0.2) is 24.3 Å². The van der Waals surface area contributed by atoms with Crippen LogP contribution >= 0.6 is 0 Å². The van der Waals surface area contributed by atoms with E-state index in [-0.39, 0.29) is 11.1 Å². The van der Waals surface area contributed by atoms with Crippen LogP contribution in [-0.2, 0) is 6.67 Å². The van der Waals surface area contributed by atoms with Gasteiger partial charge in [-0.25, -0.2) is 13.2 Å². The van der Waals surface area contributed by atoms with Gasteiger partial charge in [0.2, 0.25) is 0 Å². The minimum Gasteiger partial charge on any atom is -0.246 e. The van der Waals surface area contributed by atoms with Gasteiger partial charge < -0.3 is 0 Å². The van der Waals surface area contributed by atoms with Gasteiger partial charge in [0, 0.05) is 5.56 Å². The Kier molecular flexibility index (Phi) is 2.52. The summed E-state index contributed by atoms with van der Waals surface area (Å²) in [5.74, 6) is 0. The minimum atomic E-state index is -2.58.